The number of hydrogen-bond acceptors (Lipinski definition) is 3. The molecule has 0 heterocycles. The first-order chi connectivity index (χ1) is 12.6. The van der Waals surface area contributed by atoms with Gasteiger partial charge in [0, 0.05) is 5.56 Å². The molecular weight excluding hydrogens is 324 g/mol. The van der Waals surface area contributed by atoms with E-state index in [1.165, 1.54) is 0 Å². The smallest absolute Gasteiger partial charge is 0.338 e. The number of Topliss-reactive ketones (excluding diaryl/α,β-unsaturated/α-hetero) is 1. The summed E-state index contributed by atoms with van der Waals surface area (Å²) in [6.07, 6.45) is 1.63. The molecule has 0 unspecified atom stereocenters. The largest absolute Gasteiger partial charge is 0.454 e. The van der Waals surface area contributed by atoms with Crippen molar-refractivity contribution in [2.24, 2.45) is 0 Å². The van der Waals surface area contributed by atoms with Gasteiger partial charge in [0.1, 0.15) is 0 Å². The number of ketones is 1. The van der Waals surface area contributed by atoms with Crippen LogP contribution in [0.1, 0.15) is 45.7 Å². The van der Waals surface area contributed by atoms with Crippen molar-refractivity contribution in [1.82, 2.24) is 0 Å². The van der Waals surface area contributed by atoms with Gasteiger partial charge in [-0.2, -0.15) is 0 Å². The molecule has 0 N–H and O–H groups in total. The van der Waals surface area contributed by atoms with E-state index >= 15 is 0 Å². The molecule has 0 saturated carbocycles. The highest BCUT2D eigenvalue weighted by molar-refractivity contribution is 6.01. The predicted octanol–water partition coefficient (Wildman–Crippen LogP) is 5.00. The van der Waals surface area contributed by atoms with E-state index in [1.54, 1.807) is 12.1 Å². The summed E-state index contributed by atoms with van der Waals surface area (Å²) in [6.45, 7) is 3.82. The van der Waals surface area contributed by atoms with Gasteiger partial charge in [-0.05, 0) is 52.9 Å². The molecule has 0 amide bonds. The minimum Gasteiger partial charge on any atom is -0.454 e. The lowest BCUT2D eigenvalue weighted by Gasteiger charge is -2.10. The second-order valence-corrected chi connectivity index (χ2v) is 6.26. The van der Waals surface area contributed by atoms with E-state index in [0.29, 0.717) is 11.1 Å². The van der Waals surface area contributed by atoms with Gasteiger partial charge in [0.2, 0.25) is 5.78 Å². The van der Waals surface area contributed by atoms with Gasteiger partial charge < -0.3 is 4.74 Å². The number of hydrogen-bond donors (Lipinski definition) is 0. The summed E-state index contributed by atoms with van der Waals surface area (Å²) in [4.78, 5) is 24.9. The summed E-state index contributed by atoms with van der Waals surface area (Å²) < 4.78 is 5.28. The van der Waals surface area contributed by atoms with Crippen molar-refractivity contribution in [1.29, 1.82) is 0 Å². The summed E-state index contributed by atoms with van der Waals surface area (Å²) in [5.41, 5.74) is 3.19. The molecule has 132 valence electrons. The van der Waals surface area contributed by atoms with Gasteiger partial charge in [-0.1, -0.05) is 56.3 Å². The lowest BCUT2D eigenvalue weighted by molar-refractivity contribution is 0.0474. The molecule has 0 saturated heterocycles. The lowest BCUT2D eigenvalue weighted by atomic mass is 9.98. The Labute approximate surface area is 153 Å². The highest BCUT2D eigenvalue weighted by Gasteiger charge is 2.15. The predicted molar refractivity (Wildman–Crippen MR) is 104 cm³/mol. The molecule has 26 heavy (non-hydrogen) atoms. The van der Waals surface area contributed by atoms with Crippen LogP contribution in [0.2, 0.25) is 0 Å². The van der Waals surface area contributed by atoms with Crippen molar-refractivity contribution in [3.63, 3.8) is 0 Å². The van der Waals surface area contributed by atoms with Crippen LogP contribution in [0.4, 0.5) is 0 Å². The summed E-state index contributed by atoms with van der Waals surface area (Å²) >= 11 is 0. The summed E-state index contributed by atoms with van der Waals surface area (Å²) in [5.74, 6) is -0.639. The average molecular weight is 346 g/mol. The maximum Gasteiger partial charge on any atom is 0.338 e. The van der Waals surface area contributed by atoms with Gasteiger partial charge in [0.05, 0.1) is 5.56 Å². The number of esters is 1. The molecule has 0 atom stereocenters. The summed E-state index contributed by atoms with van der Waals surface area (Å²) in [7, 11) is 0. The molecule has 0 aliphatic heterocycles. The number of carbonyl (C=O) groups is 2. The number of ether oxygens (including phenoxy) is 1. The van der Waals surface area contributed by atoms with Crippen LogP contribution in [0.15, 0.2) is 60.7 Å². The minimum atomic E-state index is -0.478. The standard InChI is InChI=1S/C23H22O3/c1-3-16-9-10-17(4-2)21(13-16)22(24)15-26-23(25)20-12-11-18-7-5-6-8-19(18)14-20/h5-14H,3-4,15H2,1-2H3. The fraction of sp³-hybridized carbons (Fsp3) is 0.217. The highest BCUT2D eigenvalue weighted by atomic mass is 16.5. The van der Waals surface area contributed by atoms with Crippen LogP contribution in [0, 0.1) is 0 Å². The third-order valence-electron chi connectivity index (χ3n) is 4.58. The van der Waals surface area contributed by atoms with E-state index in [1.807, 2.05) is 55.5 Å². The first-order valence-corrected chi connectivity index (χ1v) is 8.93. The second-order valence-electron chi connectivity index (χ2n) is 6.26. The van der Waals surface area contributed by atoms with Gasteiger partial charge in [-0.3, -0.25) is 4.79 Å². The molecular formula is C23H22O3. The molecule has 0 aliphatic rings. The van der Waals surface area contributed by atoms with Crippen LogP contribution in [0.5, 0.6) is 0 Å². The number of aryl methyl sites for hydroxylation is 2. The Morgan fingerprint density at radius 2 is 1.62 bits per heavy atom. The number of benzene rings is 3. The monoisotopic (exact) mass is 346 g/mol. The Morgan fingerprint density at radius 3 is 2.35 bits per heavy atom. The van der Waals surface area contributed by atoms with E-state index in [4.69, 9.17) is 4.74 Å². The molecule has 3 nitrogen and oxygen atoms in total. The van der Waals surface area contributed by atoms with E-state index in [9.17, 15) is 9.59 Å². The Hall–Kier alpha value is -2.94. The average Bonchev–Trinajstić information content (AvgIpc) is 2.70. The Balaban J connectivity index is 1.73. The van der Waals surface area contributed by atoms with Crippen molar-refractivity contribution in [2.75, 3.05) is 6.61 Å². The van der Waals surface area contributed by atoms with Crippen LogP contribution in [0.3, 0.4) is 0 Å². The van der Waals surface area contributed by atoms with Gasteiger partial charge in [0.15, 0.2) is 6.61 Å². The van der Waals surface area contributed by atoms with E-state index in [-0.39, 0.29) is 12.4 Å². The number of carbonyl (C=O) groups excluding carboxylic acids is 2. The number of fused-ring (bicyclic) bond motifs is 1. The van der Waals surface area contributed by atoms with Crippen molar-refractivity contribution < 1.29 is 14.3 Å². The first kappa shape index (κ1) is 17.9. The van der Waals surface area contributed by atoms with Crippen LogP contribution in [-0.2, 0) is 17.6 Å². The number of rotatable bonds is 6. The van der Waals surface area contributed by atoms with Crippen LogP contribution < -0.4 is 0 Å². The van der Waals surface area contributed by atoms with Crippen molar-refractivity contribution in [3.05, 3.63) is 82.9 Å². The topological polar surface area (TPSA) is 43.4 Å². The van der Waals surface area contributed by atoms with Crippen LogP contribution in [0.25, 0.3) is 10.8 Å². The molecule has 0 radical (unpaired) electrons. The first-order valence-electron chi connectivity index (χ1n) is 8.93. The van der Waals surface area contributed by atoms with Crippen molar-refractivity contribution in [3.8, 4) is 0 Å². The Bertz CT molecular complexity index is 957. The van der Waals surface area contributed by atoms with E-state index < -0.39 is 5.97 Å². The molecule has 0 fully saturated rings. The molecule has 3 aromatic rings. The van der Waals surface area contributed by atoms with E-state index in [0.717, 1.165) is 34.7 Å². The fourth-order valence-corrected chi connectivity index (χ4v) is 3.02. The normalized spacial score (nSPS) is 10.7. The zero-order chi connectivity index (χ0) is 18.5. The summed E-state index contributed by atoms with van der Waals surface area (Å²) in [5, 5.41) is 2.03. The lowest BCUT2D eigenvalue weighted by Crippen LogP contribution is -2.16. The van der Waals surface area contributed by atoms with Crippen LogP contribution >= 0.6 is 0 Å². The molecule has 0 aliphatic carbocycles. The SMILES string of the molecule is CCc1ccc(CC)c(C(=O)COC(=O)c2ccc3ccccc3c2)c1. The van der Waals surface area contributed by atoms with Gasteiger partial charge >= 0.3 is 5.97 Å². The quantitative estimate of drug-likeness (QED) is 0.466. The van der Waals surface area contributed by atoms with E-state index in [2.05, 4.69) is 6.92 Å². The molecule has 0 bridgehead atoms. The van der Waals surface area contributed by atoms with Gasteiger partial charge in [0.25, 0.3) is 0 Å². The van der Waals surface area contributed by atoms with Gasteiger partial charge in [-0.15, -0.1) is 0 Å². The molecule has 0 spiro atoms. The molecule has 3 aromatic carbocycles. The third kappa shape index (κ3) is 3.83. The molecule has 0 aromatic heterocycles. The van der Waals surface area contributed by atoms with Crippen molar-refractivity contribution >= 4 is 22.5 Å². The molecule has 3 heteroatoms. The highest BCUT2D eigenvalue weighted by Crippen LogP contribution is 2.17. The minimum absolute atomic E-state index is 0.161. The second kappa shape index (κ2) is 7.96. The maximum atomic E-state index is 12.6. The van der Waals surface area contributed by atoms with Gasteiger partial charge in [-0.25, -0.2) is 4.79 Å². The van der Waals surface area contributed by atoms with Crippen molar-refractivity contribution in [2.45, 2.75) is 26.7 Å². The van der Waals surface area contributed by atoms with Crippen LogP contribution in [-0.4, -0.2) is 18.4 Å². The third-order valence-corrected chi connectivity index (χ3v) is 4.58. The summed E-state index contributed by atoms with van der Waals surface area (Å²) in [6, 6.07) is 19.1. The zero-order valence-electron chi connectivity index (χ0n) is 15.1. The fourth-order valence-electron chi connectivity index (χ4n) is 3.02. The zero-order valence-corrected chi connectivity index (χ0v) is 15.1. The molecule has 3 rings (SSSR count). The Kier molecular flexibility index (Phi) is 5.47. The maximum absolute atomic E-state index is 12.6. The Morgan fingerprint density at radius 1 is 0.846 bits per heavy atom.